The lowest BCUT2D eigenvalue weighted by Crippen LogP contribution is -2.38. The predicted octanol–water partition coefficient (Wildman–Crippen LogP) is 4.73. The second kappa shape index (κ2) is 9.73. The molecule has 3 rings (SSSR count). The Morgan fingerprint density at radius 3 is 2.30 bits per heavy atom. The Bertz CT molecular complexity index is 745. The van der Waals surface area contributed by atoms with Crippen molar-refractivity contribution < 1.29 is 23.8 Å². The first kappa shape index (κ1) is 20.5. The molecule has 2 aromatic rings. The number of cyclic esters (lactones) is 1. The fraction of sp³-hybridized carbons (Fsp3) is 0.333. The molecule has 144 valence electrons. The Morgan fingerprint density at radius 1 is 1.07 bits per heavy atom. The molecule has 1 fully saturated rings. The van der Waals surface area contributed by atoms with Gasteiger partial charge in [-0.05, 0) is 24.6 Å². The summed E-state index contributed by atoms with van der Waals surface area (Å²) in [6, 6.07) is 15.6. The summed E-state index contributed by atoms with van der Waals surface area (Å²) in [6.07, 6.45) is -2.11. The Balaban J connectivity index is 0.00000126. The van der Waals surface area contributed by atoms with Crippen LogP contribution in [0.25, 0.3) is 0 Å². The van der Waals surface area contributed by atoms with Gasteiger partial charge >= 0.3 is 12.2 Å². The summed E-state index contributed by atoms with van der Waals surface area (Å²) in [5, 5.41) is 0. The highest BCUT2D eigenvalue weighted by Crippen LogP contribution is 2.34. The van der Waals surface area contributed by atoms with Crippen LogP contribution in [0.15, 0.2) is 54.6 Å². The molecule has 0 aliphatic carbocycles. The summed E-state index contributed by atoms with van der Waals surface area (Å²) in [6.45, 7) is 6.11. The largest absolute Gasteiger partial charge is 0.441 e. The fourth-order valence-corrected chi connectivity index (χ4v) is 2.78. The zero-order valence-electron chi connectivity index (χ0n) is 16.0. The molecule has 2 amide bonds. The third-order valence-corrected chi connectivity index (χ3v) is 3.97. The molecule has 2 atom stereocenters. The minimum absolute atomic E-state index is 0.180. The number of hydrogen-bond acceptors (Lipinski definition) is 5. The van der Waals surface area contributed by atoms with Crippen LogP contribution < -0.4 is 4.74 Å². The van der Waals surface area contributed by atoms with Crippen LogP contribution in [0.1, 0.15) is 31.0 Å². The minimum Gasteiger partial charge on any atom is -0.441 e. The van der Waals surface area contributed by atoms with Crippen LogP contribution >= 0.6 is 0 Å². The second-order valence-electron chi connectivity index (χ2n) is 5.78. The molecule has 1 saturated heterocycles. The second-order valence-corrected chi connectivity index (χ2v) is 5.78. The van der Waals surface area contributed by atoms with Crippen LogP contribution in [0.2, 0.25) is 0 Å². The summed E-state index contributed by atoms with van der Waals surface area (Å²) < 4.78 is 15.8. The van der Waals surface area contributed by atoms with Gasteiger partial charge < -0.3 is 14.2 Å². The molecular weight excluding hydrogens is 346 g/mol. The van der Waals surface area contributed by atoms with Gasteiger partial charge in [0.2, 0.25) is 0 Å². The van der Waals surface area contributed by atoms with E-state index < -0.39 is 24.3 Å². The van der Waals surface area contributed by atoms with Crippen molar-refractivity contribution in [2.45, 2.75) is 32.9 Å². The Labute approximate surface area is 159 Å². The number of carbonyl (C=O) groups excluding carboxylic acids is 2. The third-order valence-electron chi connectivity index (χ3n) is 3.97. The number of ether oxygens (including phenoxy) is 3. The molecule has 27 heavy (non-hydrogen) atoms. The molecule has 0 aromatic heterocycles. The zero-order valence-corrected chi connectivity index (χ0v) is 16.0. The molecule has 0 radical (unpaired) electrons. The van der Waals surface area contributed by atoms with E-state index in [0.29, 0.717) is 5.75 Å². The van der Waals surface area contributed by atoms with Crippen LogP contribution in [0, 0.1) is 6.92 Å². The van der Waals surface area contributed by atoms with Crippen molar-refractivity contribution in [3.8, 4) is 5.75 Å². The summed E-state index contributed by atoms with van der Waals surface area (Å²) >= 11 is 0. The standard InChI is InChI=1S/C19H19NO5.C2H6/c1-13-8-10-15(11-9-13)24-18(21)20-17(14-6-4-3-5-7-14)16(12-23-2)25-19(20)22;1-2/h3-11,16-17H,12H2,1-2H3;1-2H3. The van der Waals surface area contributed by atoms with Gasteiger partial charge in [-0.3, -0.25) is 0 Å². The average molecular weight is 371 g/mol. The van der Waals surface area contributed by atoms with Gasteiger partial charge in [-0.1, -0.05) is 61.9 Å². The van der Waals surface area contributed by atoms with Crippen LogP contribution in [-0.2, 0) is 9.47 Å². The maximum Gasteiger partial charge on any atom is 0.425 e. The topological polar surface area (TPSA) is 65.1 Å². The van der Waals surface area contributed by atoms with Crippen molar-refractivity contribution in [1.29, 1.82) is 0 Å². The quantitative estimate of drug-likeness (QED) is 0.777. The van der Waals surface area contributed by atoms with Gasteiger partial charge in [0.1, 0.15) is 11.8 Å². The molecule has 2 unspecified atom stereocenters. The van der Waals surface area contributed by atoms with Gasteiger partial charge in [0.15, 0.2) is 6.10 Å². The first-order chi connectivity index (χ1) is 13.1. The van der Waals surface area contributed by atoms with Gasteiger partial charge in [0, 0.05) is 7.11 Å². The summed E-state index contributed by atoms with van der Waals surface area (Å²) in [5.41, 5.74) is 1.82. The molecule has 1 heterocycles. The maximum absolute atomic E-state index is 12.6. The summed E-state index contributed by atoms with van der Waals surface area (Å²) in [7, 11) is 1.52. The van der Waals surface area contributed by atoms with Gasteiger partial charge in [-0.25, -0.2) is 14.5 Å². The SMILES string of the molecule is CC.COCC1OC(=O)N(C(=O)Oc2ccc(C)cc2)C1c1ccccc1. The van der Waals surface area contributed by atoms with Crippen molar-refractivity contribution in [2.24, 2.45) is 0 Å². The highest BCUT2D eigenvalue weighted by atomic mass is 16.6. The average Bonchev–Trinajstić information content (AvgIpc) is 3.02. The van der Waals surface area contributed by atoms with E-state index in [9.17, 15) is 9.59 Å². The number of imide groups is 1. The van der Waals surface area contributed by atoms with Crippen LogP contribution in [0.3, 0.4) is 0 Å². The molecule has 0 saturated carbocycles. The Hall–Kier alpha value is -2.86. The minimum atomic E-state index is -0.777. The van der Waals surface area contributed by atoms with Crippen LogP contribution in [0.4, 0.5) is 9.59 Å². The van der Waals surface area contributed by atoms with E-state index in [1.54, 1.807) is 12.1 Å². The first-order valence-electron chi connectivity index (χ1n) is 8.92. The number of aryl methyl sites for hydroxylation is 1. The van der Waals surface area contributed by atoms with Crippen molar-refractivity contribution in [1.82, 2.24) is 4.90 Å². The van der Waals surface area contributed by atoms with Crippen molar-refractivity contribution in [2.75, 3.05) is 13.7 Å². The lowest BCUT2D eigenvalue weighted by molar-refractivity contribution is 0.0582. The molecular formula is C21H25NO5. The number of benzene rings is 2. The van der Waals surface area contributed by atoms with E-state index >= 15 is 0 Å². The van der Waals surface area contributed by atoms with Gasteiger partial charge in [-0.15, -0.1) is 0 Å². The number of methoxy groups -OCH3 is 1. The highest BCUT2D eigenvalue weighted by Gasteiger charge is 2.47. The number of rotatable bonds is 4. The fourth-order valence-electron chi connectivity index (χ4n) is 2.78. The van der Waals surface area contributed by atoms with Crippen molar-refractivity contribution in [3.63, 3.8) is 0 Å². The molecule has 0 N–H and O–H groups in total. The molecule has 0 bridgehead atoms. The molecule has 1 aliphatic heterocycles. The molecule has 2 aromatic carbocycles. The molecule has 0 spiro atoms. The van der Waals surface area contributed by atoms with E-state index in [-0.39, 0.29) is 6.61 Å². The molecule has 6 nitrogen and oxygen atoms in total. The summed E-state index contributed by atoms with van der Waals surface area (Å²) in [5.74, 6) is 0.366. The predicted molar refractivity (Wildman–Crippen MR) is 102 cm³/mol. The normalized spacial score (nSPS) is 18.4. The van der Waals surface area contributed by atoms with Gasteiger partial charge in [0.05, 0.1) is 6.61 Å². The lowest BCUT2D eigenvalue weighted by atomic mass is 10.0. The van der Waals surface area contributed by atoms with Crippen molar-refractivity contribution >= 4 is 12.2 Å². The zero-order chi connectivity index (χ0) is 19.8. The van der Waals surface area contributed by atoms with E-state index in [0.717, 1.165) is 16.0 Å². The number of amides is 2. The Morgan fingerprint density at radius 2 is 1.70 bits per heavy atom. The van der Waals surface area contributed by atoms with Gasteiger partial charge in [0.25, 0.3) is 0 Å². The third kappa shape index (κ3) is 4.86. The van der Waals surface area contributed by atoms with E-state index in [1.165, 1.54) is 7.11 Å². The monoisotopic (exact) mass is 371 g/mol. The van der Waals surface area contributed by atoms with E-state index in [4.69, 9.17) is 14.2 Å². The first-order valence-corrected chi connectivity index (χ1v) is 8.92. The van der Waals surface area contributed by atoms with E-state index in [1.807, 2.05) is 63.2 Å². The number of carbonyl (C=O) groups is 2. The molecule has 6 heteroatoms. The highest BCUT2D eigenvalue weighted by molar-refractivity contribution is 5.91. The van der Waals surface area contributed by atoms with Gasteiger partial charge in [-0.2, -0.15) is 0 Å². The number of nitrogens with zero attached hydrogens (tertiary/aromatic N) is 1. The van der Waals surface area contributed by atoms with Crippen LogP contribution in [-0.4, -0.2) is 36.9 Å². The maximum atomic E-state index is 12.6. The Kier molecular flexibility index (Phi) is 7.37. The smallest absolute Gasteiger partial charge is 0.425 e. The van der Waals surface area contributed by atoms with E-state index in [2.05, 4.69) is 0 Å². The lowest BCUT2D eigenvalue weighted by Gasteiger charge is -2.22. The summed E-state index contributed by atoms with van der Waals surface area (Å²) in [4.78, 5) is 25.9. The van der Waals surface area contributed by atoms with Crippen LogP contribution in [0.5, 0.6) is 5.75 Å². The number of hydrogen-bond donors (Lipinski definition) is 0. The van der Waals surface area contributed by atoms with Crippen molar-refractivity contribution in [3.05, 3.63) is 65.7 Å². The molecule has 1 aliphatic rings.